The van der Waals surface area contributed by atoms with Gasteiger partial charge in [-0.2, -0.15) is 13.2 Å². The maximum Gasteiger partial charge on any atom is 0.416 e. The molecule has 0 saturated heterocycles. The fourth-order valence-electron chi connectivity index (χ4n) is 4.23. The number of benzene rings is 2. The van der Waals surface area contributed by atoms with Gasteiger partial charge in [-0.25, -0.2) is 4.79 Å². The zero-order valence-electron chi connectivity index (χ0n) is 18.6. The van der Waals surface area contributed by atoms with E-state index in [1.54, 1.807) is 32.0 Å². The molecule has 33 heavy (non-hydrogen) atoms. The molecular formula is C24H23F3N2O4. The minimum absolute atomic E-state index is 0.00911. The topological polar surface area (TPSA) is 59.1 Å². The predicted molar refractivity (Wildman–Crippen MR) is 114 cm³/mol. The standard InChI is InChI=1S/C24H23F3N2O4/c1-23(2)18(13-28(3)22(31)32-4)20(29-12-14-7-5-6-8-16(14)21(29)30)17-11-15(24(25,26)27)9-10-19(17)33-23/h5-11H,12-13H2,1-4H3. The average molecular weight is 460 g/mol. The fraction of sp³-hybridized carbons (Fsp3) is 0.333. The molecule has 4 rings (SSSR count). The zero-order chi connectivity index (χ0) is 24.1. The number of methoxy groups -OCH3 is 1. The van der Waals surface area contributed by atoms with E-state index in [-0.39, 0.29) is 30.3 Å². The molecule has 9 heteroatoms. The molecule has 0 bridgehead atoms. The van der Waals surface area contributed by atoms with Crippen LogP contribution in [0.4, 0.5) is 18.0 Å². The summed E-state index contributed by atoms with van der Waals surface area (Å²) in [7, 11) is 2.75. The highest BCUT2D eigenvalue weighted by atomic mass is 19.4. The van der Waals surface area contributed by atoms with Gasteiger partial charge in [-0.3, -0.25) is 4.79 Å². The number of alkyl halides is 3. The number of halogens is 3. The van der Waals surface area contributed by atoms with E-state index in [0.717, 1.165) is 17.7 Å². The molecule has 0 atom stereocenters. The number of hydrogen-bond acceptors (Lipinski definition) is 4. The maximum absolute atomic E-state index is 13.6. The van der Waals surface area contributed by atoms with Gasteiger partial charge in [-0.15, -0.1) is 0 Å². The highest BCUT2D eigenvalue weighted by Gasteiger charge is 2.43. The quantitative estimate of drug-likeness (QED) is 0.651. The van der Waals surface area contributed by atoms with Gasteiger partial charge >= 0.3 is 12.3 Å². The molecule has 174 valence electrons. The second-order valence-corrected chi connectivity index (χ2v) is 8.52. The third-order valence-corrected chi connectivity index (χ3v) is 5.91. The van der Waals surface area contributed by atoms with E-state index < -0.39 is 23.4 Å². The lowest BCUT2D eigenvalue weighted by Gasteiger charge is -2.40. The summed E-state index contributed by atoms with van der Waals surface area (Å²) in [5.74, 6) is -0.0869. The molecule has 0 saturated carbocycles. The summed E-state index contributed by atoms with van der Waals surface area (Å²) in [4.78, 5) is 28.2. The zero-order valence-corrected chi connectivity index (χ0v) is 18.6. The lowest BCUT2D eigenvalue weighted by Crippen LogP contribution is -2.44. The second-order valence-electron chi connectivity index (χ2n) is 8.52. The minimum atomic E-state index is -4.58. The first-order valence-electron chi connectivity index (χ1n) is 10.3. The smallest absolute Gasteiger partial charge is 0.416 e. The van der Waals surface area contributed by atoms with Crippen molar-refractivity contribution in [3.8, 4) is 5.75 Å². The largest absolute Gasteiger partial charge is 0.483 e. The lowest BCUT2D eigenvalue weighted by atomic mass is 9.87. The Bertz CT molecular complexity index is 1170. The van der Waals surface area contributed by atoms with Crippen molar-refractivity contribution in [2.45, 2.75) is 32.2 Å². The highest BCUT2D eigenvalue weighted by Crippen LogP contribution is 2.46. The lowest BCUT2D eigenvalue weighted by molar-refractivity contribution is -0.137. The second kappa shape index (κ2) is 7.83. The monoisotopic (exact) mass is 460 g/mol. The Balaban J connectivity index is 1.94. The van der Waals surface area contributed by atoms with Crippen LogP contribution in [0, 0.1) is 0 Å². The normalized spacial score (nSPS) is 16.8. The fourth-order valence-corrected chi connectivity index (χ4v) is 4.23. The molecule has 2 aliphatic heterocycles. The van der Waals surface area contributed by atoms with E-state index in [9.17, 15) is 22.8 Å². The summed E-state index contributed by atoms with van der Waals surface area (Å²) >= 11 is 0. The molecule has 0 aliphatic carbocycles. The Morgan fingerprint density at radius 1 is 1.18 bits per heavy atom. The summed E-state index contributed by atoms with van der Waals surface area (Å²) in [5, 5.41) is 0. The van der Waals surface area contributed by atoms with E-state index in [4.69, 9.17) is 9.47 Å². The van der Waals surface area contributed by atoms with Gasteiger partial charge in [0.15, 0.2) is 0 Å². The number of rotatable bonds is 3. The van der Waals surface area contributed by atoms with Crippen molar-refractivity contribution in [1.29, 1.82) is 0 Å². The van der Waals surface area contributed by atoms with Gasteiger partial charge in [0.1, 0.15) is 11.4 Å². The summed E-state index contributed by atoms with van der Waals surface area (Å²) < 4.78 is 51.5. The Labute approximate surface area is 189 Å². The van der Waals surface area contributed by atoms with E-state index in [1.165, 1.54) is 30.0 Å². The van der Waals surface area contributed by atoms with Crippen LogP contribution in [0.3, 0.4) is 0 Å². The molecular weight excluding hydrogens is 437 g/mol. The summed E-state index contributed by atoms with van der Waals surface area (Å²) in [6.07, 6.45) is -5.20. The van der Waals surface area contributed by atoms with Gasteiger partial charge in [-0.05, 0) is 43.7 Å². The SMILES string of the molecule is COC(=O)N(C)CC1=C(N2Cc3ccccc3C2=O)c2cc(C(F)(F)F)ccc2OC1(C)C. The van der Waals surface area contributed by atoms with Crippen molar-refractivity contribution in [2.75, 3.05) is 20.7 Å². The van der Waals surface area contributed by atoms with Gasteiger partial charge in [0, 0.05) is 23.7 Å². The molecule has 2 aromatic rings. The maximum atomic E-state index is 13.6. The van der Waals surface area contributed by atoms with Crippen molar-refractivity contribution >= 4 is 17.7 Å². The molecule has 0 aromatic heterocycles. The molecule has 0 radical (unpaired) electrons. The Morgan fingerprint density at radius 2 is 1.88 bits per heavy atom. The molecule has 0 spiro atoms. The van der Waals surface area contributed by atoms with Crippen LogP contribution in [0.15, 0.2) is 48.0 Å². The number of likely N-dealkylation sites (N-methyl/N-ethyl adjacent to an activating group) is 1. The number of nitrogens with zero attached hydrogens (tertiary/aromatic N) is 2. The Morgan fingerprint density at radius 3 is 2.52 bits per heavy atom. The van der Waals surface area contributed by atoms with Crippen LogP contribution < -0.4 is 4.74 Å². The van der Waals surface area contributed by atoms with Gasteiger partial charge in [-0.1, -0.05) is 18.2 Å². The van der Waals surface area contributed by atoms with Crippen LogP contribution in [0.2, 0.25) is 0 Å². The van der Waals surface area contributed by atoms with Crippen molar-refractivity contribution in [3.63, 3.8) is 0 Å². The number of carbonyl (C=O) groups excluding carboxylic acids is 2. The molecule has 0 fully saturated rings. The number of fused-ring (bicyclic) bond motifs is 2. The van der Waals surface area contributed by atoms with Crippen molar-refractivity contribution in [2.24, 2.45) is 0 Å². The number of hydrogen-bond donors (Lipinski definition) is 0. The van der Waals surface area contributed by atoms with Crippen LogP contribution in [0.1, 0.15) is 40.9 Å². The van der Waals surface area contributed by atoms with Crippen LogP contribution in [-0.4, -0.2) is 48.1 Å². The van der Waals surface area contributed by atoms with Crippen molar-refractivity contribution in [3.05, 3.63) is 70.3 Å². The number of carbonyl (C=O) groups is 2. The van der Waals surface area contributed by atoms with E-state index >= 15 is 0 Å². The number of amides is 2. The first-order chi connectivity index (χ1) is 15.4. The first-order valence-corrected chi connectivity index (χ1v) is 10.3. The van der Waals surface area contributed by atoms with E-state index in [2.05, 4.69) is 0 Å². The molecule has 0 N–H and O–H groups in total. The average Bonchev–Trinajstić information content (AvgIpc) is 3.08. The van der Waals surface area contributed by atoms with Gasteiger partial charge in [0.2, 0.25) is 0 Å². The van der Waals surface area contributed by atoms with Crippen LogP contribution in [0.5, 0.6) is 5.75 Å². The van der Waals surface area contributed by atoms with Crippen molar-refractivity contribution < 1.29 is 32.2 Å². The molecule has 6 nitrogen and oxygen atoms in total. The summed E-state index contributed by atoms with van der Waals surface area (Å²) in [6, 6.07) is 10.3. The summed E-state index contributed by atoms with van der Waals surface area (Å²) in [5.41, 5.74) is 0.342. The van der Waals surface area contributed by atoms with Gasteiger partial charge < -0.3 is 19.3 Å². The third kappa shape index (κ3) is 3.92. The highest BCUT2D eigenvalue weighted by molar-refractivity contribution is 6.04. The molecule has 2 aliphatic rings. The molecule has 2 aromatic carbocycles. The van der Waals surface area contributed by atoms with Crippen LogP contribution in [-0.2, 0) is 17.5 Å². The first kappa shape index (κ1) is 22.7. The Hall–Kier alpha value is -3.49. The van der Waals surface area contributed by atoms with Crippen molar-refractivity contribution in [1.82, 2.24) is 9.80 Å². The predicted octanol–water partition coefficient (Wildman–Crippen LogP) is 4.94. The van der Waals surface area contributed by atoms with E-state index in [0.29, 0.717) is 16.8 Å². The molecule has 2 heterocycles. The van der Waals surface area contributed by atoms with Gasteiger partial charge in [0.25, 0.3) is 5.91 Å². The van der Waals surface area contributed by atoms with Crippen LogP contribution in [0.25, 0.3) is 5.70 Å². The molecule has 0 unspecified atom stereocenters. The van der Waals surface area contributed by atoms with Gasteiger partial charge in [0.05, 0.1) is 31.5 Å². The number of ether oxygens (including phenoxy) is 2. The summed E-state index contributed by atoms with van der Waals surface area (Å²) in [6.45, 7) is 3.69. The minimum Gasteiger partial charge on any atom is -0.483 e. The third-order valence-electron chi connectivity index (χ3n) is 5.91. The van der Waals surface area contributed by atoms with E-state index in [1.807, 2.05) is 6.07 Å². The molecule has 2 amide bonds. The Kier molecular flexibility index (Phi) is 5.38. The van der Waals surface area contributed by atoms with Crippen LogP contribution >= 0.6 is 0 Å².